The van der Waals surface area contributed by atoms with E-state index in [1.54, 1.807) is 18.2 Å². The van der Waals surface area contributed by atoms with Gasteiger partial charge in [-0.25, -0.2) is 4.79 Å². The van der Waals surface area contributed by atoms with Crippen LogP contribution in [0.2, 0.25) is 0 Å². The lowest BCUT2D eigenvalue weighted by Gasteiger charge is -2.36. The first kappa shape index (κ1) is 19.0. The third-order valence-electron chi connectivity index (χ3n) is 4.82. The van der Waals surface area contributed by atoms with Crippen molar-refractivity contribution in [3.8, 4) is 5.75 Å². The molecule has 1 fully saturated rings. The Labute approximate surface area is 160 Å². The predicted octanol–water partition coefficient (Wildman–Crippen LogP) is 2.65. The number of anilines is 2. The van der Waals surface area contributed by atoms with Gasteiger partial charge in [-0.15, -0.1) is 0 Å². The number of hydrogen-bond donors (Lipinski definition) is 1. The van der Waals surface area contributed by atoms with E-state index < -0.39 is 0 Å². The highest BCUT2D eigenvalue weighted by atomic mass is 16.5. The van der Waals surface area contributed by atoms with E-state index in [0.29, 0.717) is 17.9 Å². The number of hydrogen-bond acceptors (Lipinski definition) is 6. The highest BCUT2D eigenvalue weighted by molar-refractivity contribution is 5.92. The molecular formula is C21H27N3O3. The number of methoxy groups -OCH3 is 1. The Bertz CT molecular complexity index is 758. The van der Waals surface area contributed by atoms with Crippen LogP contribution in [0.15, 0.2) is 48.5 Å². The van der Waals surface area contributed by atoms with E-state index in [1.807, 2.05) is 24.3 Å². The zero-order valence-corrected chi connectivity index (χ0v) is 15.8. The Hall–Kier alpha value is -2.73. The van der Waals surface area contributed by atoms with E-state index in [9.17, 15) is 4.79 Å². The maximum absolute atomic E-state index is 11.8. The van der Waals surface area contributed by atoms with Crippen LogP contribution in [0, 0.1) is 0 Å². The number of nitrogens with two attached hydrogens (primary N) is 1. The molecule has 2 aromatic carbocycles. The molecule has 0 bridgehead atoms. The van der Waals surface area contributed by atoms with Crippen LogP contribution in [-0.4, -0.2) is 57.3 Å². The van der Waals surface area contributed by atoms with E-state index >= 15 is 0 Å². The molecule has 1 saturated heterocycles. The Kier molecular flexibility index (Phi) is 6.54. The molecule has 3 rings (SSSR count). The average Bonchev–Trinajstić information content (AvgIpc) is 2.72. The molecule has 2 aromatic rings. The van der Waals surface area contributed by atoms with Crippen molar-refractivity contribution >= 4 is 17.3 Å². The van der Waals surface area contributed by atoms with Gasteiger partial charge in [0.1, 0.15) is 11.3 Å². The van der Waals surface area contributed by atoms with E-state index in [2.05, 4.69) is 15.9 Å². The number of carbonyl (C=O) groups excluding carboxylic acids is 1. The molecule has 0 radical (unpaired) electrons. The van der Waals surface area contributed by atoms with E-state index in [-0.39, 0.29) is 5.97 Å². The van der Waals surface area contributed by atoms with Crippen molar-refractivity contribution in [1.82, 2.24) is 4.90 Å². The van der Waals surface area contributed by atoms with E-state index in [4.69, 9.17) is 15.2 Å². The summed E-state index contributed by atoms with van der Waals surface area (Å²) in [5.74, 6) is 0.204. The summed E-state index contributed by atoms with van der Waals surface area (Å²) >= 11 is 0. The summed E-state index contributed by atoms with van der Waals surface area (Å²) in [4.78, 5) is 16.5. The van der Waals surface area contributed by atoms with Crippen molar-refractivity contribution in [2.24, 2.45) is 0 Å². The lowest BCUT2D eigenvalue weighted by Crippen LogP contribution is -2.47. The number of nitrogen functional groups attached to an aromatic ring is 1. The normalized spacial score (nSPS) is 14.8. The van der Waals surface area contributed by atoms with Crippen LogP contribution in [0.1, 0.15) is 16.8 Å². The fourth-order valence-corrected chi connectivity index (χ4v) is 3.33. The fraction of sp³-hybridized carbons (Fsp3) is 0.381. The average molecular weight is 369 g/mol. The van der Waals surface area contributed by atoms with Crippen LogP contribution in [0.3, 0.4) is 0 Å². The van der Waals surface area contributed by atoms with Gasteiger partial charge in [-0.05, 0) is 30.7 Å². The minimum absolute atomic E-state index is 0.373. The number of para-hydroxylation sites is 3. The van der Waals surface area contributed by atoms with Crippen LogP contribution in [0.5, 0.6) is 5.75 Å². The summed E-state index contributed by atoms with van der Waals surface area (Å²) in [6, 6.07) is 15.2. The molecule has 0 unspecified atom stereocenters. The molecule has 2 N–H and O–H groups in total. The van der Waals surface area contributed by atoms with Crippen LogP contribution in [0.4, 0.5) is 11.4 Å². The lowest BCUT2D eigenvalue weighted by atomic mass is 10.2. The first-order valence-corrected chi connectivity index (χ1v) is 9.31. The molecular weight excluding hydrogens is 342 g/mol. The first-order chi connectivity index (χ1) is 13.2. The van der Waals surface area contributed by atoms with Gasteiger partial charge in [0.15, 0.2) is 0 Å². The van der Waals surface area contributed by atoms with Crippen molar-refractivity contribution in [2.45, 2.75) is 6.42 Å². The Morgan fingerprint density at radius 3 is 2.48 bits per heavy atom. The van der Waals surface area contributed by atoms with Crippen molar-refractivity contribution in [1.29, 1.82) is 0 Å². The van der Waals surface area contributed by atoms with Gasteiger partial charge in [0.05, 0.1) is 25.1 Å². The summed E-state index contributed by atoms with van der Waals surface area (Å²) in [6.07, 6.45) is 0.906. The number of ether oxygens (including phenoxy) is 2. The highest BCUT2D eigenvalue weighted by Crippen LogP contribution is 2.23. The maximum atomic E-state index is 11.8. The smallest absolute Gasteiger partial charge is 0.341 e. The second-order valence-corrected chi connectivity index (χ2v) is 6.58. The van der Waals surface area contributed by atoms with Crippen molar-refractivity contribution in [3.63, 3.8) is 0 Å². The molecule has 0 aliphatic carbocycles. The van der Waals surface area contributed by atoms with Gasteiger partial charge in [0.25, 0.3) is 0 Å². The number of rotatable bonds is 7. The molecule has 1 aliphatic rings. The molecule has 144 valence electrons. The Morgan fingerprint density at radius 1 is 1.04 bits per heavy atom. The first-order valence-electron chi connectivity index (χ1n) is 9.31. The predicted molar refractivity (Wildman–Crippen MR) is 107 cm³/mol. The van der Waals surface area contributed by atoms with Crippen molar-refractivity contribution < 1.29 is 14.3 Å². The zero-order valence-electron chi connectivity index (χ0n) is 15.8. The molecule has 6 nitrogen and oxygen atoms in total. The number of carbonyl (C=O) groups is 1. The van der Waals surface area contributed by atoms with Crippen molar-refractivity contribution in [3.05, 3.63) is 54.1 Å². The fourth-order valence-electron chi connectivity index (χ4n) is 3.33. The molecule has 1 aliphatic heterocycles. The lowest BCUT2D eigenvalue weighted by molar-refractivity contribution is 0.0596. The third kappa shape index (κ3) is 4.92. The molecule has 0 atom stereocenters. The van der Waals surface area contributed by atoms with Gasteiger partial charge in [0, 0.05) is 32.7 Å². The van der Waals surface area contributed by atoms with Gasteiger partial charge in [0.2, 0.25) is 0 Å². The number of esters is 1. The molecule has 0 amide bonds. The summed E-state index contributed by atoms with van der Waals surface area (Å²) in [5, 5.41) is 0. The van der Waals surface area contributed by atoms with E-state index in [1.165, 1.54) is 7.11 Å². The zero-order chi connectivity index (χ0) is 19.1. The number of piperazine rings is 1. The largest absolute Gasteiger partial charge is 0.493 e. The molecule has 0 spiro atoms. The minimum atomic E-state index is -0.373. The molecule has 0 aromatic heterocycles. The molecule has 1 heterocycles. The second kappa shape index (κ2) is 9.28. The summed E-state index contributed by atoms with van der Waals surface area (Å²) in [6.45, 7) is 5.50. The summed E-state index contributed by atoms with van der Waals surface area (Å²) in [7, 11) is 1.38. The third-order valence-corrected chi connectivity index (χ3v) is 4.82. The number of nitrogens with zero attached hydrogens (tertiary/aromatic N) is 2. The van der Waals surface area contributed by atoms with E-state index in [0.717, 1.165) is 50.5 Å². The monoisotopic (exact) mass is 369 g/mol. The van der Waals surface area contributed by atoms with Gasteiger partial charge >= 0.3 is 5.97 Å². The molecule has 27 heavy (non-hydrogen) atoms. The van der Waals surface area contributed by atoms with Gasteiger partial charge in [-0.3, -0.25) is 4.90 Å². The molecule has 6 heteroatoms. The van der Waals surface area contributed by atoms with Gasteiger partial charge < -0.3 is 20.1 Å². The van der Waals surface area contributed by atoms with Gasteiger partial charge in [-0.1, -0.05) is 24.3 Å². The van der Waals surface area contributed by atoms with Crippen molar-refractivity contribution in [2.75, 3.05) is 57.1 Å². The van der Waals surface area contributed by atoms with Crippen LogP contribution in [0.25, 0.3) is 0 Å². The summed E-state index contributed by atoms with van der Waals surface area (Å²) in [5.41, 5.74) is 8.51. The van der Waals surface area contributed by atoms with Crippen LogP contribution < -0.4 is 15.4 Å². The number of benzene rings is 2. The van der Waals surface area contributed by atoms with Crippen LogP contribution >= 0.6 is 0 Å². The van der Waals surface area contributed by atoms with Crippen LogP contribution in [-0.2, 0) is 4.74 Å². The standard InChI is InChI=1S/C21H27N3O3/c1-26-21(25)17-7-2-5-10-20(17)27-16-6-11-23-12-14-24(15-13-23)19-9-4-3-8-18(19)22/h2-5,7-10H,6,11-16,22H2,1H3. The Morgan fingerprint density at radius 2 is 1.74 bits per heavy atom. The maximum Gasteiger partial charge on any atom is 0.341 e. The summed E-state index contributed by atoms with van der Waals surface area (Å²) < 4.78 is 10.6. The Balaban J connectivity index is 1.41. The van der Waals surface area contributed by atoms with Gasteiger partial charge in [-0.2, -0.15) is 0 Å². The quantitative estimate of drug-likeness (QED) is 0.460. The second-order valence-electron chi connectivity index (χ2n) is 6.58. The highest BCUT2D eigenvalue weighted by Gasteiger charge is 2.18. The SMILES string of the molecule is COC(=O)c1ccccc1OCCCN1CCN(c2ccccc2N)CC1. The molecule has 0 saturated carbocycles. The minimum Gasteiger partial charge on any atom is -0.493 e. The topological polar surface area (TPSA) is 68.0 Å².